The van der Waals surface area contributed by atoms with Crippen molar-refractivity contribution in [2.45, 2.75) is 83.3 Å². The molecule has 1 heterocycles. The van der Waals surface area contributed by atoms with E-state index in [-0.39, 0.29) is 28.8 Å². The Bertz CT molecular complexity index is 686. The van der Waals surface area contributed by atoms with E-state index in [2.05, 4.69) is 13.8 Å². The number of aliphatic hydroxyl groups is 2. The minimum absolute atomic E-state index is 0.126. The Kier molecular flexibility index (Phi) is 3.92. The van der Waals surface area contributed by atoms with Crippen LogP contribution in [0.4, 0.5) is 0 Å². The molecule has 4 saturated carbocycles. The Morgan fingerprint density at radius 1 is 1.04 bits per heavy atom. The molecule has 5 aliphatic rings. The molecule has 0 bridgehead atoms. The summed E-state index contributed by atoms with van der Waals surface area (Å²) in [5.74, 6) is 1.59. The second-order valence-corrected chi connectivity index (χ2v) is 10.7. The summed E-state index contributed by atoms with van der Waals surface area (Å²) in [4.78, 5) is 11.6. The second-order valence-electron chi connectivity index (χ2n) is 10.7. The van der Waals surface area contributed by atoms with E-state index in [1.54, 1.807) is 6.08 Å². The zero-order valence-corrected chi connectivity index (χ0v) is 16.7. The number of ether oxygens (including phenoxy) is 1. The van der Waals surface area contributed by atoms with Crippen molar-refractivity contribution in [1.82, 2.24) is 0 Å². The van der Waals surface area contributed by atoms with Crippen molar-refractivity contribution in [1.29, 1.82) is 0 Å². The fourth-order valence-electron chi connectivity index (χ4n) is 8.39. The highest BCUT2D eigenvalue weighted by atomic mass is 16.5. The standard InChI is InChI=1S/C23H34O4/c1-21-8-5-16(24)12-15(21)3-4-19-18(21)6-9-22(2)17(7-10-23(19,22)26)14-11-20(25)27-13-14/h11,15-19,24,26H,3-10,12-13H2,1-2H3/t15?,16-,17?,18?,19?,21-,22+,23+/m1/s1. The molecular weight excluding hydrogens is 340 g/mol. The van der Waals surface area contributed by atoms with Gasteiger partial charge >= 0.3 is 5.97 Å². The first kappa shape index (κ1) is 18.2. The topological polar surface area (TPSA) is 66.8 Å². The van der Waals surface area contributed by atoms with E-state index < -0.39 is 5.60 Å². The summed E-state index contributed by atoms with van der Waals surface area (Å²) in [5, 5.41) is 22.3. The molecule has 0 spiro atoms. The molecule has 150 valence electrons. The number of fused-ring (bicyclic) bond motifs is 5. The summed E-state index contributed by atoms with van der Waals surface area (Å²) >= 11 is 0. The Morgan fingerprint density at radius 3 is 2.59 bits per heavy atom. The van der Waals surface area contributed by atoms with Gasteiger partial charge in [-0.25, -0.2) is 4.79 Å². The minimum atomic E-state index is -0.628. The molecule has 0 amide bonds. The van der Waals surface area contributed by atoms with Crippen LogP contribution >= 0.6 is 0 Å². The van der Waals surface area contributed by atoms with Crippen LogP contribution in [-0.4, -0.2) is 34.5 Å². The van der Waals surface area contributed by atoms with Gasteiger partial charge < -0.3 is 14.9 Å². The van der Waals surface area contributed by atoms with Gasteiger partial charge in [0.15, 0.2) is 0 Å². The molecule has 0 aromatic carbocycles. The molecule has 4 unspecified atom stereocenters. The zero-order chi connectivity index (χ0) is 19.0. The van der Waals surface area contributed by atoms with Gasteiger partial charge in [0.1, 0.15) is 6.61 Å². The van der Waals surface area contributed by atoms with E-state index in [0.717, 1.165) is 56.9 Å². The third-order valence-corrected chi connectivity index (χ3v) is 9.96. The third kappa shape index (κ3) is 2.32. The number of aliphatic hydroxyl groups excluding tert-OH is 1. The highest BCUT2D eigenvalue weighted by Crippen LogP contribution is 2.69. The van der Waals surface area contributed by atoms with Gasteiger partial charge in [-0.15, -0.1) is 0 Å². The molecule has 4 heteroatoms. The average Bonchev–Trinajstić information content (AvgIpc) is 3.16. The summed E-state index contributed by atoms with van der Waals surface area (Å²) in [6.45, 7) is 5.15. The highest BCUT2D eigenvalue weighted by molar-refractivity contribution is 5.85. The van der Waals surface area contributed by atoms with Crippen LogP contribution in [0, 0.1) is 34.5 Å². The van der Waals surface area contributed by atoms with E-state index >= 15 is 0 Å². The normalized spacial score (nSPS) is 54.6. The number of hydrogen-bond acceptors (Lipinski definition) is 4. The maximum atomic E-state index is 12.1. The molecule has 0 aromatic rings. The monoisotopic (exact) mass is 374 g/mol. The van der Waals surface area contributed by atoms with Crippen molar-refractivity contribution in [3.05, 3.63) is 11.6 Å². The molecule has 1 aliphatic heterocycles. The van der Waals surface area contributed by atoms with Gasteiger partial charge in [-0.3, -0.25) is 0 Å². The molecule has 4 nitrogen and oxygen atoms in total. The van der Waals surface area contributed by atoms with Crippen LogP contribution < -0.4 is 0 Å². The first-order valence-electron chi connectivity index (χ1n) is 11.1. The molecule has 0 aromatic heterocycles. The van der Waals surface area contributed by atoms with E-state index in [1.165, 1.54) is 6.42 Å². The van der Waals surface area contributed by atoms with Crippen molar-refractivity contribution >= 4 is 5.97 Å². The first-order valence-corrected chi connectivity index (χ1v) is 11.1. The van der Waals surface area contributed by atoms with E-state index in [0.29, 0.717) is 24.4 Å². The smallest absolute Gasteiger partial charge is 0.331 e. The number of hydrogen-bond donors (Lipinski definition) is 2. The van der Waals surface area contributed by atoms with E-state index in [9.17, 15) is 15.0 Å². The Labute approximate surface area is 162 Å². The summed E-state index contributed by atoms with van der Waals surface area (Å²) < 4.78 is 5.20. The Morgan fingerprint density at radius 2 is 1.85 bits per heavy atom. The third-order valence-electron chi connectivity index (χ3n) is 9.96. The van der Waals surface area contributed by atoms with Crippen molar-refractivity contribution in [2.75, 3.05) is 6.61 Å². The summed E-state index contributed by atoms with van der Waals surface area (Å²) in [6, 6.07) is 0. The maximum absolute atomic E-state index is 12.1. The predicted molar refractivity (Wildman–Crippen MR) is 102 cm³/mol. The molecule has 8 atom stereocenters. The lowest BCUT2D eigenvalue weighted by Gasteiger charge is -2.63. The van der Waals surface area contributed by atoms with Gasteiger partial charge in [0.2, 0.25) is 0 Å². The van der Waals surface area contributed by atoms with Gasteiger partial charge in [0.25, 0.3) is 0 Å². The molecule has 27 heavy (non-hydrogen) atoms. The largest absolute Gasteiger partial charge is 0.458 e. The van der Waals surface area contributed by atoms with Crippen molar-refractivity contribution in [3.8, 4) is 0 Å². The average molecular weight is 375 g/mol. The van der Waals surface area contributed by atoms with Gasteiger partial charge in [0, 0.05) is 11.5 Å². The molecule has 0 radical (unpaired) electrons. The fraction of sp³-hybridized carbons (Fsp3) is 0.870. The summed E-state index contributed by atoms with van der Waals surface area (Å²) in [7, 11) is 0. The number of carbonyl (C=O) groups is 1. The van der Waals surface area contributed by atoms with Gasteiger partial charge in [0.05, 0.1) is 11.7 Å². The fourth-order valence-corrected chi connectivity index (χ4v) is 8.39. The van der Waals surface area contributed by atoms with Crippen molar-refractivity contribution < 1.29 is 19.7 Å². The first-order chi connectivity index (χ1) is 12.8. The van der Waals surface area contributed by atoms with Gasteiger partial charge in [-0.1, -0.05) is 13.8 Å². The lowest BCUT2D eigenvalue weighted by Crippen LogP contribution is -2.62. The number of carbonyl (C=O) groups excluding carboxylic acids is 1. The Hall–Kier alpha value is -0.870. The van der Waals surface area contributed by atoms with Crippen LogP contribution in [0.5, 0.6) is 0 Å². The minimum Gasteiger partial charge on any atom is -0.458 e. The van der Waals surface area contributed by atoms with Crippen LogP contribution in [0.25, 0.3) is 0 Å². The van der Waals surface area contributed by atoms with E-state index in [1.807, 2.05) is 0 Å². The predicted octanol–water partition coefficient (Wildman–Crippen LogP) is 3.60. The molecule has 5 rings (SSSR count). The number of rotatable bonds is 1. The summed E-state index contributed by atoms with van der Waals surface area (Å²) in [6.07, 6.45) is 10.8. The zero-order valence-electron chi connectivity index (χ0n) is 16.7. The van der Waals surface area contributed by atoms with Crippen molar-refractivity contribution in [2.24, 2.45) is 34.5 Å². The van der Waals surface area contributed by atoms with E-state index in [4.69, 9.17) is 4.74 Å². The molecule has 4 aliphatic carbocycles. The lowest BCUT2D eigenvalue weighted by molar-refractivity contribution is -0.208. The molecule has 4 fully saturated rings. The van der Waals surface area contributed by atoms with Crippen LogP contribution in [0.15, 0.2) is 11.6 Å². The number of cyclic esters (lactones) is 1. The molecular formula is C23H34O4. The van der Waals surface area contributed by atoms with Gasteiger partial charge in [-0.2, -0.15) is 0 Å². The summed E-state index contributed by atoms with van der Waals surface area (Å²) in [5.41, 5.74) is 0.600. The highest BCUT2D eigenvalue weighted by Gasteiger charge is 2.67. The van der Waals surface area contributed by atoms with Crippen molar-refractivity contribution in [3.63, 3.8) is 0 Å². The SMILES string of the molecule is C[C@@]12CC[C@@H](O)CC1CCC1C2CC[C@@]2(C)C(C3=CC(=O)OC3)CC[C@]12O. The maximum Gasteiger partial charge on any atom is 0.331 e. The number of esters is 1. The van der Waals surface area contributed by atoms with Crippen LogP contribution in [-0.2, 0) is 9.53 Å². The van der Waals surface area contributed by atoms with Crippen LogP contribution in [0.2, 0.25) is 0 Å². The molecule has 0 saturated heterocycles. The van der Waals surface area contributed by atoms with Crippen LogP contribution in [0.3, 0.4) is 0 Å². The molecule has 2 N–H and O–H groups in total. The second kappa shape index (κ2) is 5.82. The lowest BCUT2D eigenvalue weighted by atomic mass is 9.43. The Balaban J connectivity index is 1.47. The quantitative estimate of drug-likeness (QED) is 0.688. The van der Waals surface area contributed by atoms with Gasteiger partial charge in [-0.05, 0) is 92.4 Å². The van der Waals surface area contributed by atoms with Crippen LogP contribution in [0.1, 0.15) is 71.6 Å².